The Morgan fingerprint density at radius 1 is 1.07 bits per heavy atom. The molecule has 7 heteroatoms. The second kappa shape index (κ2) is 8.18. The quantitative estimate of drug-likeness (QED) is 0.567. The fourth-order valence-electron chi connectivity index (χ4n) is 3.80. The maximum Gasteiger partial charge on any atom is 0.221 e. The minimum absolute atomic E-state index is 0.0665. The second-order valence-corrected chi connectivity index (χ2v) is 9.53. The first kappa shape index (κ1) is 22.0. The molecule has 3 aromatic rings. The predicted octanol–water partition coefficient (Wildman–Crippen LogP) is 2.59. The van der Waals surface area contributed by atoms with E-state index in [1.54, 1.807) is 60.1 Å². The van der Waals surface area contributed by atoms with Gasteiger partial charge in [-0.05, 0) is 37.1 Å². The second-order valence-electron chi connectivity index (χ2n) is 7.66. The van der Waals surface area contributed by atoms with Crippen LogP contribution in [0.25, 0.3) is 0 Å². The zero-order valence-electron chi connectivity index (χ0n) is 17.3. The third kappa shape index (κ3) is 3.84. The molecule has 0 aliphatic rings. The predicted molar refractivity (Wildman–Crippen MR) is 117 cm³/mol. The topological polar surface area (TPSA) is 102 Å². The van der Waals surface area contributed by atoms with Crippen molar-refractivity contribution in [1.29, 1.82) is 0 Å². The van der Waals surface area contributed by atoms with E-state index in [1.807, 2.05) is 26.0 Å². The van der Waals surface area contributed by atoms with Crippen LogP contribution in [0.2, 0.25) is 0 Å². The third-order valence-electron chi connectivity index (χ3n) is 5.65. The Labute approximate surface area is 177 Å². The zero-order chi connectivity index (χ0) is 22.1. The lowest BCUT2D eigenvalue weighted by Crippen LogP contribution is -2.46. The van der Waals surface area contributed by atoms with Gasteiger partial charge in [-0.15, -0.1) is 0 Å². The van der Waals surface area contributed by atoms with Gasteiger partial charge < -0.3 is 9.67 Å². The molecule has 0 aliphatic heterocycles. The molecular weight excluding hydrogens is 400 g/mol. The Kier molecular flexibility index (Phi) is 5.99. The summed E-state index contributed by atoms with van der Waals surface area (Å²) in [6.07, 6.45) is -0.0665. The number of aliphatic hydroxyl groups is 1. The minimum atomic E-state index is -4.17. The highest BCUT2D eigenvalue weighted by Crippen LogP contribution is 2.33. The summed E-state index contributed by atoms with van der Waals surface area (Å²) in [5, 5.41) is 15.7. The van der Waals surface area contributed by atoms with Crippen molar-refractivity contribution in [2.75, 3.05) is 6.61 Å². The number of nitrogens with zero attached hydrogens (tertiary/aromatic N) is 1. The van der Waals surface area contributed by atoms with Gasteiger partial charge in [-0.2, -0.15) is 0 Å². The number of primary sulfonamides is 1. The van der Waals surface area contributed by atoms with E-state index < -0.39 is 21.4 Å². The number of ketones is 1. The molecule has 6 nitrogen and oxygen atoms in total. The highest BCUT2D eigenvalue weighted by molar-refractivity contribution is 7.90. The normalized spacial score (nSPS) is 13.8. The number of benzene rings is 2. The standard InChI is InChI=1S/C23H26N2O4S/c1-16-9-11-20(17(2)13-16)22(27)21-12-10-19(25(21)3)14-23(15-26,30(24,28)29)18-7-5-4-6-8-18/h4-13,26H,14-15H2,1-3H3,(H2,24,28,29). The molecule has 0 bridgehead atoms. The van der Waals surface area contributed by atoms with Crippen LogP contribution in [0.5, 0.6) is 0 Å². The lowest BCUT2D eigenvalue weighted by molar-refractivity contribution is 0.103. The van der Waals surface area contributed by atoms with Crippen molar-refractivity contribution in [3.63, 3.8) is 0 Å². The van der Waals surface area contributed by atoms with E-state index in [0.29, 0.717) is 22.5 Å². The number of nitrogens with two attached hydrogens (primary N) is 1. The number of aliphatic hydroxyl groups excluding tert-OH is 1. The number of carbonyl (C=O) groups excluding carboxylic acids is 1. The number of carbonyl (C=O) groups is 1. The van der Waals surface area contributed by atoms with Crippen LogP contribution < -0.4 is 5.14 Å². The van der Waals surface area contributed by atoms with Crippen LogP contribution in [0.4, 0.5) is 0 Å². The average molecular weight is 427 g/mol. The van der Waals surface area contributed by atoms with Gasteiger partial charge in [-0.1, -0.05) is 54.1 Å². The SMILES string of the molecule is Cc1ccc(C(=O)c2ccc(CC(CO)(c3ccccc3)S(N)(=O)=O)n2C)c(C)c1. The van der Waals surface area contributed by atoms with Gasteiger partial charge in [0.15, 0.2) is 0 Å². The molecule has 0 amide bonds. The Hall–Kier alpha value is -2.74. The van der Waals surface area contributed by atoms with Crippen molar-refractivity contribution in [3.05, 3.63) is 94.3 Å². The largest absolute Gasteiger partial charge is 0.394 e. The number of aryl methyl sites for hydroxylation is 2. The van der Waals surface area contributed by atoms with Crippen molar-refractivity contribution in [3.8, 4) is 0 Å². The number of hydrogen-bond donors (Lipinski definition) is 2. The molecule has 30 heavy (non-hydrogen) atoms. The van der Waals surface area contributed by atoms with Gasteiger partial charge in [0.05, 0.1) is 12.3 Å². The zero-order valence-corrected chi connectivity index (χ0v) is 18.1. The van der Waals surface area contributed by atoms with Crippen LogP contribution in [-0.2, 0) is 28.2 Å². The van der Waals surface area contributed by atoms with E-state index in [-0.39, 0.29) is 12.2 Å². The van der Waals surface area contributed by atoms with Crippen LogP contribution in [-0.4, -0.2) is 30.5 Å². The fraction of sp³-hybridized carbons (Fsp3) is 0.261. The van der Waals surface area contributed by atoms with E-state index >= 15 is 0 Å². The van der Waals surface area contributed by atoms with Gasteiger partial charge in [0.2, 0.25) is 15.8 Å². The molecule has 3 N–H and O–H groups in total. The summed E-state index contributed by atoms with van der Waals surface area (Å²) in [4.78, 5) is 13.1. The van der Waals surface area contributed by atoms with E-state index in [9.17, 15) is 18.3 Å². The highest BCUT2D eigenvalue weighted by Gasteiger charge is 2.44. The lowest BCUT2D eigenvalue weighted by atomic mass is 9.94. The smallest absolute Gasteiger partial charge is 0.221 e. The molecule has 3 rings (SSSR count). The Bertz CT molecular complexity index is 1180. The van der Waals surface area contributed by atoms with Crippen molar-refractivity contribution < 1.29 is 18.3 Å². The van der Waals surface area contributed by atoms with Crippen LogP contribution >= 0.6 is 0 Å². The van der Waals surface area contributed by atoms with E-state index in [0.717, 1.165) is 11.1 Å². The Morgan fingerprint density at radius 3 is 2.30 bits per heavy atom. The summed E-state index contributed by atoms with van der Waals surface area (Å²) in [6.45, 7) is 3.17. The van der Waals surface area contributed by atoms with Gasteiger partial charge in [0, 0.05) is 24.7 Å². The number of aromatic nitrogens is 1. The summed E-state index contributed by atoms with van der Waals surface area (Å²) in [7, 11) is -2.46. The molecule has 158 valence electrons. The average Bonchev–Trinajstić information content (AvgIpc) is 3.05. The molecular formula is C23H26N2O4S. The first-order valence-electron chi connectivity index (χ1n) is 9.56. The Balaban J connectivity index is 2.05. The van der Waals surface area contributed by atoms with Crippen molar-refractivity contribution in [2.24, 2.45) is 12.2 Å². The molecule has 0 spiro atoms. The van der Waals surface area contributed by atoms with Crippen LogP contribution in [0.15, 0.2) is 60.7 Å². The van der Waals surface area contributed by atoms with Crippen LogP contribution in [0, 0.1) is 13.8 Å². The minimum Gasteiger partial charge on any atom is -0.394 e. The molecule has 0 radical (unpaired) electrons. The van der Waals surface area contributed by atoms with Crippen molar-refractivity contribution in [1.82, 2.24) is 4.57 Å². The molecule has 1 aromatic heterocycles. The molecule has 2 aromatic carbocycles. The number of rotatable bonds is 7. The monoisotopic (exact) mass is 426 g/mol. The summed E-state index contributed by atoms with van der Waals surface area (Å²) in [5.41, 5.74) is 3.96. The van der Waals surface area contributed by atoms with E-state index in [4.69, 9.17) is 5.14 Å². The summed E-state index contributed by atoms with van der Waals surface area (Å²) in [6, 6.07) is 17.4. The third-order valence-corrected chi connectivity index (χ3v) is 7.25. The van der Waals surface area contributed by atoms with Gasteiger partial charge in [0.1, 0.15) is 4.75 Å². The first-order valence-corrected chi connectivity index (χ1v) is 11.1. The highest BCUT2D eigenvalue weighted by atomic mass is 32.2. The molecule has 0 fully saturated rings. The summed E-state index contributed by atoms with van der Waals surface area (Å²) in [5.74, 6) is -0.147. The molecule has 0 aliphatic carbocycles. The van der Waals surface area contributed by atoms with Gasteiger partial charge >= 0.3 is 0 Å². The maximum absolute atomic E-state index is 13.1. The molecule has 0 saturated carbocycles. The maximum atomic E-state index is 13.1. The number of sulfonamides is 1. The number of hydrogen-bond acceptors (Lipinski definition) is 4. The molecule has 1 heterocycles. The van der Waals surface area contributed by atoms with Gasteiger partial charge in [0.25, 0.3) is 0 Å². The lowest BCUT2D eigenvalue weighted by Gasteiger charge is -2.30. The summed E-state index contributed by atoms with van der Waals surface area (Å²) < 4.78 is 25.1. The molecule has 0 saturated heterocycles. The first-order chi connectivity index (χ1) is 14.1. The molecule has 1 unspecified atom stereocenters. The summed E-state index contributed by atoms with van der Waals surface area (Å²) >= 11 is 0. The fourth-order valence-corrected chi connectivity index (χ4v) is 4.80. The van der Waals surface area contributed by atoms with Gasteiger partial charge in [-0.25, -0.2) is 13.6 Å². The van der Waals surface area contributed by atoms with E-state index in [1.165, 1.54) is 0 Å². The van der Waals surface area contributed by atoms with Crippen LogP contribution in [0.1, 0.15) is 38.4 Å². The van der Waals surface area contributed by atoms with Crippen molar-refractivity contribution in [2.45, 2.75) is 25.0 Å². The van der Waals surface area contributed by atoms with Crippen molar-refractivity contribution >= 4 is 15.8 Å². The molecule has 1 atom stereocenters. The Morgan fingerprint density at radius 2 is 1.73 bits per heavy atom. The van der Waals surface area contributed by atoms with Crippen LogP contribution in [0.3, 0.4) is 0 Å². The van der Waals surface area contributed by atoms with E-state index in [2.05, 4.69) is 0 Å². The van der Waals surface area contributed by atoms with Gasteiger partial charge in [-0.3, -0.25) is 4.79 Å².